The topological polar surface area (TPSA) is 49.8 Å². The van der Waals surface area contributed by atoms with Crippen molar-refractivity contribution in [1.82, 2.24) is 4.90 Å². The Kier molecular flexibility index (Phi) is 4.37. The lowest BCUT2D eigenvalue weighted by atomic mass is 10.1. The second-order valence-electron chi connectivity index (χ2n) is 4.72. The molecule has 0 aromatic heterocycles. The van der Waals surface area contributed by atoms with E-state index in [2.05, 4.69) is 0 Å². The molecule has 1 heterocycles. The molecule has 1 N–H and O–H groups in total. The van der Waals surface area contributed by atoms with Crippen molar-refractivity contribution in [2.75, 3.05) is 20.2 Å². The predicted molar refractivity (Wildman–Crippen MR) is 68.7 cm³/mol. The predicted octanol–water partition coefficient (Wildman–Crippen LogP) is 1.82. The number of methoxy groups -OCH3 is 1. The van der Waals surface area contributed by atoms with E-state index in [0.29, 0.717) is 31.7 Å². The minimum atomic E-state index is -0.459. The Morgan fingerprint density at radius 2 is 2.21 bits per heavy atom. The number of aliphatic hydroxyl groups is 1. The standard InChI is InChI=1S/C14H18FNO3/c1-19-13-5-4-10(15)9-12(13)14(18)16-7-2-3-11(17)6-8-16/h4-5,9,11,17H,2-3,6-8H2,1H3. The summed E-state index contributed by atoms with van der Waals surface area (Å²) in [6.07, 6.45) is 1.66. The van der Waals surface area contributed by atoms with Gasteiger partial charge in [-0.2, -0.15) is 0 Å². The molecule has 4 nitrogen and oxygen atoms in total. The molecular weight excluding hydrogens is 249 g/mol. The van der Waals surface area contributed by atoms with E-state index in [9.17, 15) is 14.3 Å². The lowest BCUT2D eigenvalue weighted by Crippen LogP contribution is -2.32. The van der Waals surface area contributed by atoms with Gasteiger partial charge in [0.2, 0.25) is 0 Å². The van der Waals surface area contributed by atoms with Gasteiger partial charge in [-0.05, 0) is 37.5 Å². The summed E-state index contributed by atoms with van der Waals surface area (Å²) in [7, 11) is 1.45. The van der Waals surface area contributed by atoms with Gasteiger partial charge in [0.15, 0.2) is 0 Å². The van der Waals surface area contributed by atoms with E-state index in [-0.39, 0.29) is 17.6 Å². The number of ether oxygens (including phenoxy) is 1. The number of halogens is 1. The molecule has 19 heavy (non-hydrogen) atoms. The highest BCUT2D eigenvalue weighted by molar-refractivity contribution is 5.97. The van der Waals surface area contributed by atoms with Crippen molar-refractivity contribution in [1.29, 1.82) is 0 Å². The number of hydrogen-bond donors (Lipinski definition) is 1. The van der Waals surface area contributed by atoms with Crippen molar-refractivity contribution in [3.05, 3.63) is 29.6 Å². The summed E-state index contributed by atoms with van der Waals surface area (Å²) in [5.74, 6) is -0.333. The van der Waals surface area contributed by atoms with Crippen LogP contribution in [0.5, 0.6) is 5.75 Å². The molecule has 1 saturated heterocycles. The van der Waals surface area contributed by atoms with Crippen LogP contribution in [0.15, 0.2) is 18.2 Å². The first-order valence-corrected chi connectivity index (χ1v) is 6.42. The van der Waals surface area contributed by atoms with Gasteiger partial charge in [-0.1, -0.05) is 0 Å². The van der Waals surface area contributed by atoms with Crippen LogP contribution in [-0.4, -0.2) is 42.2 Å². The second-order valence-corrected chi connectivity index (χ2v) is 4.72. The minimum Gasteiger partial charge on any atom is -0.496 e. The lowest BCUT2D eigenvalue weighted by molar-refractivity contribution is 0.0749. The number of amides is 1. The van der Waals surface area contributed by atoms with Crippen molar-refractivity contribution in [3.8, 4) is 5.75 Å². The molecule has 1 unspecified atom stereocenters. The van der Waals surface area contributed by atoms with Crippen LogP contribution in [0.3, 0.4) is 0 Å². The van der Waals surface area contributed by atoms with E-state index in [0.717, 1.165) is 6.42 Å². The number of likely N-dealkylation sites (tertiary alicyclic amines) is 1. The van der Waals surface area contributed by atoms with Crippen LogP contribution >= 0.6 is 0 Å². The molecule has 0 aliphatic carbocycles. The number of hydrogen-bond acceptors (Lipinski definition) is 3. The van der Waals surface area contributed by atoms with Gasteiger partial charge >= 0.3 is 0 Å². The molecule has 0 spiro atoms. The fraction of sp³-hybridized carbons (Fsp3) is 0.500. The van der Waals surface area contributed by atoms with Crippen molar-refractivity contribution < 1.29 is 19.0 Å². The third-order valence-corrected chi connectivity index (χ3v) is 3.38. The molecule has 1 amide bonds. The smallest absolute Gasteiger partial charge is 0.257 e. The lowest BCUT2D eigenvalue weighted by Gasteiger charge is -2.21. The monoisotopic (exact) mass is 267 g/mol. The summed E-state index contributed by atoms with van der Waals surface area (Å²) in [6, 6.07) is 3.92. The highest BCUT2D eigenvalue weighted by Gasteiger charge is 2.23. The molecule has 1 fully saturated rings. The van der Waals surface area contributed by atoms with Gasteiger partial charge in [0, 0.05) is 13.1 Å². The molecule has 0 saturated carbocycles. The molecule has 0 bridgehead atoms. The second kappa shape index (κ2) is 6.02. The van der Waals surface area contributed by atoms with Gasteiger partial charge < -0.3 is 14.7 Å². The number of benzene rings is 1. The molecule has 2 rings (SSSR count). The molecule has 1 aliphatic heterocycles. The van der Waals surface area contributed by atoms with E-state index in [4.69, 9.17) is 4.74 Å². The number of rotatable bonds is 2. The fourth-order valence-electron chi connectivity index (χ4n) is 2.30. The third kappa shape index (κ3) is 3.23. The normalized spacial score (nSPS) is 19.9. The van der Waals surface area contributed by atoms with E-state index < -0.39 is 5.82 Å². The maximum absolute atomic E-state index is 13.3. The minimum absolute atomic E-state index is 0.235. The van der Waals surface area contributed by atoms with Crippen molar-refractivity contribution in [2.45, 2.75) is 25.4 Å². The SMILES string of the molecule is COc1ccc(F)cc1C(=O)N1CCCC(O)CC1. The molecule has 5 heteroatoms. The number of nitrogens with zero attached hydrogens (tertiary/aromatic N) is 1. The fourth-order valence-corrected chi connectivity index (χ4v) is 2.30. The summed E-state index contributed by atoms with van der Waals surface area (Å²) in [6.45, 7) is 1.06. The molecular formula is C14H18FNO3. The van der Waals surface area contributed by atoms with Crippen LogP contribution < -0.4 is 4.74 Å². The van der Waals surface area contributed by atoms with Crippen LogP contribution in [0, 0.1) is 5.82 Å². The molecule has 1 aromatic rings. The average molecular weight is 267 g/mol. The van der Waals surface area contributed by atoms with Gasteiger partial charge in [0.05, 0.1) is 18.8 Å². The number of carbonyl (C=O) groups excluding carboxylic acids is 1. The van der Waals surface area contributed by atoms with Crippen molar-refractivity contribution in [2.24, 2.45) is 0 Å². The van der Waals surface area contributed by atoms with E-state index >= 15 is 0 Å². The van der Waals surface area contributed by atoms with Gasteiger partial charge in [-0.15, -0.1) is 0 Å². The first kappa shape index (κ1) is 13.8. The summed E-state index contributed by atoms with van der Waals surface area (Å²) in [4.78, 5) is 14.0. The van der Waals surface area contributed by atoms with Crippen LogP contribution in [0.2, 0.25) is 0 Å². The molecule has 0 radical (unpaired) electrons. The van der Waals surface area contributed by atoms with Crippen LogP contribution in [-0.2, 0) is 0 Å². The number of carbonyl (C=O) groups is 1. The Morgan fingerprint density at radius 1 is 1.42 bits per heavy atom. The average Bonchev–Trinajstić information content (AvgIpc) is 2.62. The highest BCUT2D eigenvalue weighted by Crippen LogP contribution is 2.22. The Morgan fingerprint density at radius 3 is 2.95 bits per heavy atom. The van der Waals surface area contributed by atoms with Gasteiger partial charge in [0.25, 0.3) is 5.91 Å². The summed E-state index contributed by atoms with van der Waals surface area (Å²) < 4.78 is 18.4. The van der Waals surface area contributed by atoms with Crippen molar-refractivity contribution >= 4 is 5.91 Å². The van der Waals surface area contributed by atoms with E-state index in [1.165, 1.54) is 25.3 Å². The van der Waals surface area contributed by atoms with Gasteiger partial charge in [0.1, 0.15) is 11.6 Å². The molecule has 1 atom stereocenters. The van der Waals surface area contributed by atoms with E-state index in [1.54, 1.807) is 4.90 Å². The maximum Gasteiger partial charge on any atom is 0.257 e. The first-order chi connectivity index (χ1) is 9.11. The molecule has 1 aromatic carbocycles. The summed E-state index contributed by atoms with van der Waals surface area (Å²) in [5, 5.41) is 9.58. The summed E-state index contributed by atoms with van der Waals surface area (Å²) >= 11 is 0. The van der Waals surface area contributed by atoms with Crippen molar-refractivity contribution in [3.63, 3.8) is 0 Å². The Balaban J connectivity index is 2.21. The van der Waals surface area contributed by atoms with E-state index in [1.807, 2.05) is 0 Å². The summed E-state index contributed by atoms with van der Waals surface area (Å²) in [5.41, 5.74) is 0.235. The highest BCUT2D eigenvalue weighted by atomic mass is 19.1. The largest absolute Gasteiger partial charge is 0.496 e. The molecule has 104 valence electrons. The maximum atomic E-state index is 13.3. The Bertz CT molecular complexity index is 464. The zero-order valence-electron chi connectivity index (χ0n) is 10.9. The van der Waals surface area contributed by atoms with Gasteiger partial charge in [-0.3, -0.25) is 4.79 Å². The van der Waals surface area contributed by atoms with Gasteiger partial charge in [-0.25, -0.2) is 4.39 Å². The number of aliphatic hydroxyl groups excluding tert-OH is 1. The third-order valence-electron chi connectivity index (χ3n) is 3.38. The Hall–Kier alpha value is -1.62. The first-order valence-electron chi connectivity index (χ1n) is 6.42. The Labute approximate surface area is 111 Å². The zero-order chi connectivity index (χ0) is 13.8. The van der Waals surface area contributed by atoms with Crippen LogP contribution in [0.1, 0.15) is 29.6 Å². The quantitative estimate of drug-likeness (QED) is 0.889. The molecule has 1 aliphatic rings. The van der Waals surface area contributed by atoms with Crippen LogP contribution in [0.25, 0.3) is 0 Å². The van der Waals surface area contributed by atoms with Crippen LogP contribution in [0.4, 0.5) is 4.39 Å². The zero-order valence-corrected chi connectivity index (χ0v) is 10.9.